The van der Waals surface area contributed by atoms with Gasteiger partial charge in [-0.2, -0.15) is 0 Å². The van der Waals surface area contributed by atoms with E-state index in [-0.39, 0.29) is 5.78 Å². The molecule has 0 spiro atoms. The largest absolute Gasteiger partial charge is 0.492 e. The Bertz CT molecular complexity index is 1060. The Balaban J connectivity index is 1.73. The molecule has 1 aliphatic heterocycles. The number of carbonyl (C=O) groups is 2. The number of ketones is 1. The van der Waals surface area contributed by atoms with E-state index in [2.05, 4.69) is 0 Å². The lowest BCUT2D eigenvalue weighted by Crippen LogP contribution is -2.17. The Labute approximate surface area is 169 Å². The number of rotatable bonds is 5. The number of primary amides is 1. The molecule has 3 aromatic rings. The van der Waals surface area contributed by atoms with E-state index in [1.165, 1.54) is 0 Å². The molecule has 146 valence electrons. The van der Waals surface area contributed by atoms with Gasteiger partial charge in [0.1, 0.15) is 17.6 Å². The number of ether oxygens (including phenoxy) is 2. The van der Waals surface area contributed by atoms with E-state index in [9.17, 15) is 9.59 Å². The van der Waals surface area contributed by atoms with Crippen LogP contribution in [0.2, 0.25) is 0 Å². The Morgan fingerprint density at radius 3 is 2.38 bits per heavy atom. The highest BCUT2D eigenvalue weighted by molar-refractivity contribution is 6.00. The van der Waals surface area contributed by atoms with Crippen LogP contribution in [0.1, 0.15) is 49.9 Å². The zero-order chi connectivity index (χ0) is 20.4. The van der Waals surface area contributed by atoms with Crippen molar-refractivity contribution >= 4 is 11.7 Å². The molecule has 0 radical (unpaired) electrons. The standard InChI is InChI=1S/C24H21NO4/c1-15-21(12-11-19-20(26)13-14-28-22(15)19)29-23(16-5-3-2-4-6-16)17-7-9-18(10-8-17)24(25)27/h2-12,23H,13-14H2,1H3,(H2,25,27)/t23-/m0/s1. The molecule has 2 N–H and O–H groups in total. The second-order valence-electron chi connectivity index (χ2n) is 6.98. The molecular formula is C24H21NO4. The van der Waals surface area contributed by atoms with Crippen LogP contribution in [-0.4, -0.2) is 18.3 Å². The maximum absolute atomic E-state index is 12.1. The fraction of sp³-hybridized carbons (Fsp3) is 0.167. The molecule has 3 aromatic carbocycles. The number of nitrogens with two attached hydrogens (primary N) is 1. The molecule has 0 bridgehead atoms. The molecule has 0 aromatic heterocycles. The molecule has 1 amide bonds. The van der Waals surface area contributed by atoms with Gasteiger partial charge in [-0.25, -0.2) is 0 Å². The molecule has 0 unspecified atom stereocenters. The van der Waals surface area contributed by atoms with E-state index in [1.807, 2.05) is 55.5 Å². The van der Waals surface area contributed by atoms with Crippen LogP contribution in [0.15, 0.2) is 66.7 Å². The molecule has 5 heteroatoms. The maximum Gasteiger partial charge on any atom is 0.248 e. The molecule has 0 fully saturated rings. The molecule has 0 saturated heterocycles. The highest BCUT2D eigenvalue weighted by Gasteiger charge is 2.24. The van der Waals surface area contributed by atoms with Crippen LogP contribution in [0.3, 0.4) is 0 Å². The van der Waals surface area contributed by atoms with E-state index in [0.29, 0.717) is 35.7 Å². The summed E-state index contributed by atoms with van der Waals surface area (Å²) in [6.07, 6.45) is 0.0000529. The highest BCUT2D eigenvalue weighted by atomic mass is 16.5. The summed E-state index contributed by atoms with van der Waals surface area (Å²) in [6.45, 7) is 2.28. The molecule has 0 saturated carbocycles. The fourth-order valence-electron chi connectivity index (χ4n) is 3.49. The normalized spacial score (nSPS) is 13.9. The average molecular weight is 387 g/mol. The van der Waals surface area contributed by atoms with Crippen molar-refractivity contribution < 1.29 is 19.1 Å². The third-order valence-corrected chi connectivity index (χ3v) is 5.08. The van der Waals surface area contributed by atoms with Gasteiger partial charge < -0.3 is 15.2 Å². The van der Waals surface area contributed by atoms with Crippen molar-refractivity contribution in [3.63, 3.8) is 0 Å². The lowest BCUT2D eigenvalue weighted by Gasteiger charge is -2.24. The zero-order valence-electron chi connectivity index (χ0n) is 16.1. The van der Waals surface area contributed by atoms with E-state index >= 15 is 0 Å². The SMILES string of the molecule is Cc1c(O[C@@H](c2ccccc2)c2ccc(C(N)=O)cc2)ccc2c1OCCC2=O. The van der Waals surface area contributed by atoms with Crippen LogP contribution >= 0.6 is 0 Å². The molecule has 1 heterocycles. The molecule has 0 aliphatic carbocycles. The fourth-order valence-corrected chi connectivity index (χ4v) is 3.49. The Hall–Kier alpha value is -3.60. The molecule has 1 atom stereocenters. The second kappa shape index (κ2) is 7.80. The summed E-state index contributed by atoms with van der Waals surface area (Å²) in [5, 5.41) is 0. The number of carbonyl (C=O) groups excluding carboxylic acids is 2. The van der Waals surface area contributed by atoms with Crippen LogP contribution in [-0.2, 0) is 0 Å². The molecular weight excluding hydrogens is 366 g/mol. The smallest absolute Gasteiger partial charge is 0.248 e. The topological polar surface area (TPSA) is 78.6 Å². The van der Waals surface area contributed by atoms with Gasteiger partial charge >= 0.3 is 0 Å². The highest BCUT2D eigenvalue weighted by Crippen LogP contribution is 2.38. The Morgan fingerprint density at radius 1 is 1.00 bits per heavy atom. The minimum atomic E-state index is -0.471. The summed E-state index contributed by atoms with van der Waals surface area (Å²) < 4.78 is 12.2. The third kappa shape index (κ3) is 3.72. The summed E-state index contributed by atoms with van der Waals surface area (Å²) in [4.78, 5) is 23.5. The average Bonchev–Trinajstić information content (AvgIpc) is 2.74. The van der Waals surface area contributed by atoms with Gasteiger partial charge in [-0.15, -0.1) is 0 Å². The first-order valence-corrected chi connectivity index (χ1v) is 9.45. The zero-order valence-corrected chi connectivity index (χ0v) is 16.1. The van der Waals surface area contributed by atoms with Gasteiger partial charge in [0.25, 0.3) is 0 Å². The second-order valence-corrected chi connectivity index (χ2v) is 6.98. The van der Waals surface area contributed by atoms with Crippen molar-refractivity contribution in [1.29, 1.82) is 0 Å². The van der Waals surface area contributed by atoms with Gasteiger partial charge in [0.2, 0.25) is 5.91 Å². The third-order valence-electron chi connectivity index (χ3n) is 5.08. The molecule has 4 rings (SSSR count). The van der Waals surface area contributed by atoms with E-state index in [4.69, 9.17) is 15.2 Å². The van der Waals surface area contributed by atoms with Gasteiger partial charge in [0.05, 0.1) is 12.2 Å². The van der Waals surface area contributed by atoms with Crippen molar-refractivity contribution in [2.75, 3.05) is 6.61 Å². The first-order valence-electron chi connectivity index (χ1n) is 9.45. The van der Waals surface area contributed by atoms with Crippen LogP contribution in [0, 0.1) is 6.92 Å². The van der Waals surface area contributed by atoms with Crippen molar-refractivity contribution in [2.24, 2.45) is 5.73 Å². The van der Waals surface area contributed by atoms with Crippen LogP contribution in [0.5, 0.6) is 11.5 Å². The number of Topliss-reactive ketones (excluding diaryl/α,β-unsaturated/α-hetero) is 1. The van der Waals surface area contributed by atoms with Gasteiger partial charge in [-0.05, 0) is 42.3 Å². The van der Waals surface area contributed by atoms with Crippen molar-refractivity contribution in [3.8, 4) is 11.5 Å². The van der Waals surface area contributed by atoms with Crippen molar-refractivity contribution in [1.82, 2.24) is 0 Å². The summed E-state index contributed by atoms with van der Waals surface area (Å²) in [6, 6.07) is 20.5. The summed E-state index contributed by atoms with van der Waals surface area (Å²) >= 11 is 0. The number of benzene rings is 3. The minimum absolute atomic E-state index is 0.0857. The van der Waals surface area contributed by atoms with Crippen molar-refractivity contribution in [2.45, 2.75) is 19.4 Å². The van der Waals surface area contributed by atoms with E-state index in [1.54, 1.807) is 18.2 Å². The first-order chi connectivity index (χ1) is 14.0. The monoisotopic (exact) mass is 387 g/mol. The molecule has 5 nitrogen and oxygen atoms in total. The predicted molar refractivity (Wildman–Crippen MR) is 109 cm³/mol. The summed E-state index contributed by atoms with van der Waals surface area (Å²) in [5.41, 5.74) is 9.05. The lowest BCUT2D eigenvalue weighted by molar-refractivity contribution is 0.0931. The summed E-state index contributed by atoms with van der Waals surface area (Å²) in [5.74, 6) is 0.851. The minimum Gasteiger partial charge on any atom is -0.492 e. The number of fused-ring (bicyclic) bond motifs is 1. The number of hydrogen-bond donors (Lipinski definition) is 1. The maximum atomic E-state index is 12.1. The van der Waals surface area contributed by atoms with Crippen molar-refractivity contribution in [3.05, 3.63) is 94.5 Å². The van der Waals surface area contributed by atoms with E-state index in [0.717, 1.165) is 16.7 Å². The first kappa shape index (κ1) is 18.7. The van der Waals surface area contributed by atoms with Gasteiger partial charge in [-0.3, -0.25) is 9.59 Å². The van der Waals surface area contributed by atoms with Gasteiger partial charge in [-0.1, -0.05) is 42.5 Å². The predicted octanol–water partition coefficient (Wildman–Crippen LogP) is 4.23. The van der Waals surface area contributed by atoms with Crippen LogP contribution in [0.4, 0.5) is 0 Å². The quantitative estimate of drug-likeness (QED) is 0.711. The number of amides is 1. The van der Waals surface area contributed by atoms with Crippen LogP contribution in [0.25, 0.3) is 0 Å². The molecule has 1 aliphatic rings. The number of hydrogen-bond acceptors (Lipinski definition) is 4. The van der Waals surface area contributed by atoms with E-state index < -0.39 is 12.0 Å². The van der Waals surface area contributed by atoms with Gasteiger partial charge in [0, 0.05) is 17.5 Å². The molecule has 29 heavy (non-hydrogen) atoms. The van der Waals surface area contributed by atoms with Gasteiger partial charge in [0.15, 0.2) is 5.78 Å². The van der Waals surface area contributed by atoms with Crippen LogP contribution < -0.4 is 15.2 Å². The Kier molecular flexibility index (Phi) is 5.04. The summed E-state index contributed by atoms with van der Waals surface area (Å²) in [7, 11) is 0. The lowest BCUT2D eigenvalue weighted by atomic mass is 9.98. The Morgan fingerprint density at radius 2 is 1.69 bits per heavy atom.